The van der Waals surface area contributed by atoms with Crippen LogP contribution >= 0.6 is 0 Å². The Hall–Kier alpha value is -0.120. The molecule has 0 bridgehead atoms. The summed E-state index contributed by atoms with van der Waals surface area (Å²) in [6.45, 7) is 6.94. The van der Waals surface area contributed by atoms with Gasteiger partial charge in [0.15, 0.2) is 0 Å². The van der Waals surface area contributed by atoms with Gasteiger partial charge in [0.2, 0.25) is 0 Å². The van der Waals surface area contributed by atoms with E-state index in [0.717, 1.165) is 19.0 Å². The van der Waals surface area contributed by atoms with Crippen LogP contribution in [0.15, 0.2) is 0 Å². The number of nitrogens with zero attached hydrogens (tertiary/aromatic N) is 1. The molecule has 0 aliphatic rings. The molecule has 0 radical (unpaired) electrons. The molecule has 0 spiro atoms. The van der Waals surface area contributed by atoms with Crippen LogP contribution in [-0.2, 0) is 0 Å². The van der Waals surface area contributed by atoms with Crippen molar-refractivity contribution in [1.82, 2.24) is 10.2 Å². The van der Waals surface area contributed by atoms with Gasteiger partial charge in [-0.1, -0.05) is 13.8 Å². The van der Waals surface area contributed by atoms with Crippen LogP contribution < -0.4 is 5.32 Å². The highest BCUT2D eigenvalue weighted by Gasteiger charge is 2.06. The van der Waals surface area contributed by atoms with Crippen LogP contribution in [-0.4, -0.2) is 49.8 Å². The molecular weight excluding hydrogens is 164 g/mol. The van der Waals surface area contributed by atoms with E-state index in [9.17, 15) is 5.11 Å². The topological polar surface area (TPSA) is 35.5 Å². The number of hydrogen-bond donors (Lipinski definition) is 2. The van der Waals surface area contributed by atoms with Gasteiger partial charge in [0.25, 0.3) is 0 Å². The largest absolute Gasteiger partial charge is 0.390 e. The van der Waals surface area contributed by atoms with Gasteiger partial charge in [-0.15, -0.1) is 0 Å². The number of aliphatic hydroxyl groups is 1. The van der Waals surface area contributed by atoms with Gasteiger partial charge in [-0.2, -0.15) is 0 Å². The van der Waals surface area contributed by atoms with Gasteiger partial charge in [-0.05, 0) is 33.0 Å². The van der Waals surface area contributed by atoms with E-state index in [1.165, 1.54) is 6.42 Å². The molecule has 3 heteroatoms. The lowest BCUT2D eigenvalue weighted by Gasteiger charge is -2.21. The maximum atomic E-state index is 9.48. The maximum Gasteiger partial charge on any atom is 0.0791 e. The van der Waals surface area contributed by atoms with E-state index in [4.69, 9.17) is 0 Å². The molecule has 1 atom stereocenters. The molecule has 0 rings (SSSR count). The minimum absolute atomic E-state index is 0.248. The van der Waals surface area contributed by atoms with E-state index in [1.54, 1.807) is 0 Å². The molecule has 0 aromatic heterocycles. The van der Waals surface area contributed by atoms with Gasteiger partial charge in [0, 0.05) is 13.1 Å². The van der Waals surface area contributed by atoms with Crippen LogP contribution in [0.5, 0.6) is 0 Å². The van der Waals surface area contributed by atoms with Crippen LogP contribution in [0.1, 0.15) is 20.3 Å². The first-order valence-corrected chi connectivity index (χ1v) is 5.07. The lowest BCUT2D eigenvalue weighted by Crippen LogP contribution is -2.36. The van der Waals surface area contributed by atoms with E-state index < -0.39 is 0 Å². The second-order valence-electron chi connectivity index (χ2n) is 4.16. The third-order valence-corrected chi connectivity index (χ3v) is 2.05. The minimum Gasteiger partial charge on any atom is -0.390 e. The molecule has 2 N–H and O–H groups in total. The van der Waals surface area contributed by atoms with Crippen molar-refractivity contribution in [2.45, 2.75) is 26.4 Å². The zero-order valence-electron chi connectivity index (χ0n) is 9.38. The van der Waals surface area contributed by atoms with Crippen molar-refractivity contribution < 1.29 is 5.11 Å². The highest BCUT2D eigenvalue weighted by atomic mass is 16.3. The molecule has 0 aliphatic heterocycles. The molecule has 0 aromatic rings. The third-order valence-electron chi connectivity index (χ3n) is 2.05. The molecule has 0 aliphatic carbocycles. The molecule has 3 nitrogen and oxygen atoms in total. The van der Waals surface area contributed by atoms with Crippen LogP contribution in [0, 0.1) is 5.92 Å². The smallest absolute Gasteiger partial charge is 0.0791 e. The van der Waals surface area contributed by atoms with Crippen molar-refractivity contribution in [3.8, 4) is 0 Å². The van der Waals surface area contributed by atoms with E-state index in [0.29, 0.717) is 6.54 Å². The van der Waals surface area contributed by atoms with Gasteiger partial charge in [0.1, 0.15) is 0 Å². The number of rotatable bonds is 7. The summed E-state index contributed by atoms with van der Waals surface area (Å²) in [6.07, 6.45) is 0.949. The molecule has 0 heterocycles. The van der Waals surface area contributed by atoms with Crippen molar-refractivity contribution in [2.24, 2.45) is 5.92 Å². The first-order chi connectivity index (χ1) is 6.06. The monoisotopic (exact) mass is 188 g/mol. The normalized spacial score (nSPS) is 14.1. The maximum absolute atomic E-state index is 9.48. The second kappa shape index (κ2) is 7.30. The summed E-state index contributed by atoms with van der Waals surface area (Å²) < 4.78 is 0. The van der Waals surface area contributed by atoms with E-state index in [1.807, 2.05) is 7.05 Å². The van der Waals surface area contributed by atoms with Crippen molar-refractivity contribution in [3.05, 3.63) is 0 Å². The zero-order valence-corrected chi connectivity index (χ0v) is 9.38. The molecule has 13 heavy (non-hydrogen) atoms. The first kappa shape index (κ1) is 12.9. The minimum atomic E-state index is -0.248. The summed E-state index contributed by atoms with van der Waals surface area (Å²) in [5, 5.41) is 12.4. The summed E-state index contributed by atoms with van der Waals surface area (Å²) in [6, 6.07) is 0. The fraction of sp³-hybridized carbons (Fsp3) is 1.00. The fourth-order valence-electron chi connectivity index (χ4n) is 1.23. The average Bonchev–Trinajstić information content (AvgIpc) is 2.01. The molecule has 1 unspecified atom stereocenters. The van der Waals surface area contributed by atoms with Gasteiger partial charge in [-0.25, -0.2) is 0 Å². The Morgan fingerprint density at radius 1 is 1.38 bits per heavy atom. The third kappa shape index (κ3) is 8.22. The molecular formula is C10H24N2O. The summed E-state index contributed by atoms with van der Waals surface area (Å²) in [5.41, 5.74) is 0. The lowest BCUT2D eigenvalue weighted by atomic mass is 10.1. The molecule has 0 amide bonds. The highest BCUT2D eigenvalue weighted by Crippen LogP contribution is 2.00. The molecule has 0 fully saturated rings. The lowest BCUT2D eigenvalue weighted by molar-refractivity contribution is 0.124. The molecule has 0 saturated carbocycles. The van der Waals surface area contributed by atoms with Crippen LogP contribution in [0.3, 0.4) is 0 Å². The Labute approximate surface area is 82.1 Å². The average molecular weight is 188 g/mol. The van der Waals surface area contributed by atoms with Gasteiger partial charge >= 0.3 is 0 Å². The van der Waals surface area contributed by atoms with Gasteiger partial charge in [0.05, 0.1) is 6.10 Å². The molecule has 0 saturated heterocycles. The van der Waals surface area contributed by atoms with Gasteiger partial charge < -0.3 is 15.3 Å². The fourth-order valence-corrected chi connectivity index (χ4v) is 1.23. The summed E-state index contributed by atoms with van der Waals surface area (Å²) in [7, 11) is 3.92. The van der Waals surface area contributed by atoms with E-state index in [-0.39, 0.29) is 6.10 Å². The molecule has 80 valence electrons. The van der Waals surface area contributed by atoms with Crippen LogP contribution in [0.2, 0.25) is 0 Å². The van der Waals surface area contributed by atoms with Crippen molar-refractivity contribution >= 4 is 0 Å². The zero-order chi connectivity index (χ0) is 10.3. The summed E-state index contributed by atoms with van der Waals surface area (Å²) >= 11 is 0. The SMILES string of the molecule is CNCC(O)CN(C)CCC(C)C. The number of nitrogens with one attached hydrogen (secondary N) is 1. The van der Waals surface area contributed by atoms with Crippen LogP contribution in [0.25, 0.3) is 0 Å². The van der Waals surface area contributed by atoms with Crippen molar-refractivity contribution in [3.63, 3.8) is 0 Å². The Bertz CT molecular complexity index is 117. The van der Waals surface area contributed by atoms with E-state index in [2.05, 4.69) is 31.1 Å². The summed E-state index contributed by atoms with van der Waals surface area (Å²) in [4.78, 5) is 2.18. The standard InChI is InChI=1S/C10H24N2O/c1-9(2)5-6-12(4)8-10(13)7-11-3/h9-11,13H,5-8H2,1-4H3. The number of likely N-dealkylation sites (N-methyl/N-ethyl adjacent to an activating group) is 2. The predicted molar refractivity (Wildman–Crippen MR) is 56.9 cm³/mol. The Kier molecular flexibility index (Phi) is 7.23. The first-order valence-electron chi connectivity index (χ1n) is 5.07. The van der Waals surface area contributed by atoms with Crippen LogP contribution in [0.4, 0.5) is 0 Å². The van der Waals surface area contributed by atoms with Gasteiger partial charge in [-0.3, -0.25) is 0 Å². The number of aliphatic hydroxyl groups excluding tert-OH is 1. The predicted octanol–water partition coefficient (Wildman–Crippen LogP) is 0.545. The Morgan fingerprint density at radius 2 is 2.00 bits per heavy atom. The summed E-state index contributed by atoms with van der Waals surface area (Å²) in [5.74, 6) is 0.740. The Balaban J connectivity index is 3.43. The quantitative estimate of drug-likeness (QED) is 0.612. The van der Waals surface area contributed by atoms with Crippen molar-refractivity contribution in [2.75, 3.05) is 33.7 Å². The Morgan fingerprint density at radius 3 is 2.46 bits per heavy atom. The highest BCUT2D eigenvalue weighted by molar-refractivity contribution is 4.63. The van der Waals surface area contributed by atoms with Crippen molar-refractivity contribution in [1.29, 1.82) is 0 Å². The molecule has 0 aromatic carbocycles. The van der Waals surface area contributed by atoms with E-state index >= 15 is 0 Å². The second-order valence-corrected chi connectivity index (χ2v) is 4.16. The number of hydrogen-bond acceptors (Lipinski definition) is 3.